The van der Waals surface area contributed by atoms with Crippen molar-refractivity contribution in [1.82, 2.24) is 16.0 Å². The Kier molecular flexibility index (Phi) is 22.7. The van der Waals surface area contributed by atoms with Crippen LogP contribution in [0.5, 0.6) is 0 Å². The molecule has 1 aromatic rings. The highest BCUT2D eigenvalue weighted by molar-refractivity contribution is 6.30. The molecule has 6 atom stereocenters. The van der Waals surface area contributed by atoms with Crippen LogP contribution in [0.4, 0.5) is 0 Å². The first-order chi connectivity index (χ1) is 28.5. The highest BCUT2D eigenvalue weighted by Crippen LogP contribution is 2.37. The summed E-state index contributed by atoms with van der Waals surface area (Å²) in [7, 11) is 1.06. The van der Waals surface area contributed by atoms with Gasteiger partial charge in [0, 0.05) is 52.1 Å². The van der Waals surface area contributed by atoms with Crippen LogP contribution in [0.25, 0.3) is 0 Å². The number of nitrogens with one attached hydrogen (secondary N) is 3. The Balaban J connectivity index is 2.46. The number of amides is 3. The molecule has 2 unspecified atom stereocenters. The minimum Gasteiger partial charge on any atom is -0.465 e. The van der Waals surface area contributed by atoms with E-state index < -0.39 is 97.5 Å². The average molecular weight is 866 g/mol. The van der Waals surface area contributed by atoms with Crippen molar-refractivity contribution in [3.8, 4) is 12.3 Å². The molecule has 1 heterocycles. The van der Waals surface area contributed by atoms with Crippen LogP contribution in [0.2, 0.25) is 5.02 Å². The van der Waals surface area contributed by atoms with Crippen molar-refractivity contribution in [1.29, 1.82) is 0 Å². The number of hydrogen-bond acceptors (Lipinski definition) is 15. The fraction of sp³-hybridized carbons (Fsp3) is 0.610. The zero-order valence-electron chi connectivity index (χ0n) is 34.7. The van der Waals surface area contributed by atoms with Gasteiger partial charge in [0.25, 0.3) is 11.7 Å². The Labute approximate surface area is 354 Å². The van der Waals surface area contributed by atoms with Gasteiger partial charge >= 0.3 is 29.8 Å². The molecule has 19 heteroatoms. The second-order valence-electron chi connectivity index (χ2n) is 13.9. The van der Waals surface area contributed by atoms with Crippen LogP contribution in [0.3, 0.4) is 0 Å². The average Bonchev–Trinajstić information content (AvgIpc) is 3.18. The summed E-state index contributed by atoms with van der Waals surface area (Å²) < 4.78 is 39.3. The van der Waals surface area contributed by atoms with Gasteiger partial charge in [-0.05, 0) is 43.4 Å². The van der Waals surface area contributed by atoms with Crippen LogP contribution < -0.4 is 16.0 Å². The molecular formula is C41H56ClN3O15. The van der Waals surface area contributed by atoms with E-state index in [0.29, 0.717) is 55.7 Å². The molecule has 3 N–H and O–H groups in total. The van der Waals surface area contributed by atoms with Crippen molar-refractivity contribution in [2.45, 2.75) is 128 Å². The van der Waals surface area contributed by atoms with Crippen LogP contribution in [0.1, 0.15) is 91.0 Å². The highest BCUT2D eigenvalue weighted by Gasteiger charge is 2.59. The summed E-state index contributed by atoms with van der Waals surface area (Å²) >= 11 is 5.97. The number of halogens is 1. The first kappa shape index (κ1) is 50.9. The minimum atomic E-state index is -2.37. The molecule has 1 aliphatic rings. The van der Waals surface area contributed by atoms with E-state index in [0.717, 1.165) is 47.6 Å². The van der Waals surface area contributed by atoms with Crippen LogP contribution in [0, 0.1) is 12.3 Å². The number of unbranched alkanes of at least 4 members (excludes halogenated alkanes) is 5. The molecule has 0 radical (unpaired) electrons. The maximum Gasteiger partial charge on any atom is 0.366 e. The number of methoxy groups -OCH3 is 1. The molecular weight excluding hydrogens is 810 g/mol. The topological polar surface area (TPSA) is 237 Å². The standard InChI is InChI=1S/C41H56ClN3O15/c1-7-8-9-13-20-43-34(50)15-12-10-11-14-21-56-41(40(53)54-6)23-32(57-27(3)47)37(45-36(52)25-55-26(2)46)39(60-41)38(59-29(5)49)33(58-28(4)48)24-44-35(51)22-30-16-18-31(42)19-17-30/h1,16-19,32-33,37-39H,8-15,20-25H2,2-6H3,(H,43,50)(H,44,51)(H,45,52)/t32-,33?,37?,38+,39+,41+/m0/s1. The van der Waals surface area contributed by atoms with E-state index in [-0.39, 0.29) is 18.9 Å². The van der Waals surface area contributed by atoms with Crippen molar-refractivity contribution in [2.75, 3.05) is 33.4 Å². The molecule has 0 aliphatic carbocycles. The summed E-state index contributed by atoms with van der Waals surface area (Å²) in [5.41, 5.74) is 0.598. The van der Waals surface area contributed by atoms with Gasteiger partial charge in [-0.1, -0.05) is 36.6 Å². The molecule has 60 heavy (non-hydrogen) atoms. The fourth-order valence-corrected chi connectivity index (χ4v) is 6.37. The maximum atomic E-state index is 13.7. The SMILES string of the molecule is C#CCCCCNC(=O)CCCCCCO[C@]1(C(=O)OC)C[C@H](OC(C)=O)C(NC(=O)COC(C)=O)[C@H]([C@H](OC(C)=O)C(CNC(=O)Cc2ccc(Cl)cc2)OC(C)=O)O1. The quantitative estimate of drug-likeness (QED) is 0.0554. The van der Waals surface area contributed by atoms with E-state index in [2.05, 4.69) is 21.9 Å². The van der Waals surface area contributed by atoms with Gasteiger partial charge in [-0.3, -0.25) is 33.6 Å². The molecule has 1 aliphatic heterocycles. The monoisotopic (exact) mass is 865 g/mol. The summed E-state index contributed by atoms with van der Waals surface area (Å²) in [6.45, 7) is 3.40. The molecule has 2 rings (SSSR count). The number of carbonyl (C=O) groups is 8. The van der Waals surface area contributed by atoms with Gasteiger partial charge in [0.15, 0.2) is 18.8 Å². The lowest BCUT2D eigenvalue weighted by Crippen LogP contribution is -2.70. The number of rotatable bonds is 25. The Hall–Kier alpha value is -5.25. The third-order valence-corrected chi connectivity index (χ3v) is 9.14. The van der Waals surface area contributed by atoms with Crippen LogP contribution in [-0.2, 0) is 77.9 Å². The van der Waals surface area contributed by atoms with Gasteiger partial charge in [-0.15, -0.1) is 12.3 Å². The van der Waals surface area contributed by atoms with Gasteiger partial charge in [0.05, 0.1) is 39.1 Å². The lowest BCUT2D eigenvalue weighted by atomic mass is 9.87. The van der Waals surface area contributed by atoms with Crippen molar-refractivity contribution in [3.63, 3.8) is 0 Å². The number of benzene rings is 1. The largest absolute Gasteiger partial charge is 0.465 e. The smallest absolute Gasteiger partial charge is 0.366 e. The number of carbonyl (C=O) groups excluding carboxylic acids is 8. The molecule has 0 spiro atoms. The lowest BCUT2D eigenvalue weighted by Gasteiger charge is -2.48. The number of ether oxygens (including phenoxy) is 7. The zero-order valence-corrected chi connectivity index (χ0v) is 35.4. The Morgan fingerprint density at radius 1 is 0.850 bits per heavy atom. The third kappa shape index (κ3) is 18.8. The van der Waals surface area contributed by atoms with Crippen molar-refractivity contribution < 1.29 is 71.5 Å². The van der Waals surface area contributed by atoms with Gasteiger partial charge in [0.2, 0.25) is 11.8 Å². The van der Waals surface area contributed by atoms with Crippen LogP contribution in [-0.4, -0.2) is 117 Å². The summed E-state index contributed by atoms with van der Waals surface area (Å²) in [4.78, 5) is 101. The Morgan fingerprint density at radius 2 is 1.53 bits per heavy atom. The summed E-state index contributed by atoms with van der Waals surface area (Å²) in [6.07, 6.45) is 2.79. The molecule has 0 aromatic heterocycles. The molecule has 0 saturated carbocycles. The second-order valence-corrected chi connectivity index (χ2v) is 14.3. The van der Waals surface area contributed by atoms with Crippen molar-refractivity contribution in [2.24, 2.45) is 0 Å². The van der Waals surface area contributed by atoms with E-state index in [1.807, 2.05) is 0 Å². The summed E-state index contributed by atoms with van der Waals surface area (Å²) in [6, 6.07) is 4.98. The Morgan fingerprint density at radius 3 is 2.15 bits per heavy atom. The van der Waals surface area contributed by atoms with Gasteiger partial charge < -0.3 is 49.1 Å². The first-order valence-electron chi connectivity index (χ1n) is 19.6. The molecule has 0 bridgehead atoms. The fourth-order valence-electron chi connectivity index (χ4n) is 6.25. The van der Waals surface area contributed by atoms with E-state index >= 15 is 0 Å². The zero-order chi connectivity index (χ0) is 44.7. The first-order valence-corrected chi connectivity index (χ1v) is 19.9. The van der Waals surface area contributed by atoms with Crippen molar-refractivity contribution >= 4 is 59.2 Å². The van der Waals surface area contributed by atoms with Gasteiger partial charge in [0.1, 0.15) is 12.2 Å². The van der Waals surface area contributed by atoms with Crippen LogP contribution >= 0.6 is 11.6 Å². The summed E-state index contributed by atoms with van der Waals surface area (Å²) in [5, 5.41) is 8.51. The highest BCUT2D eigenvalue weighted by atomic mass is 35.5. The van der Waals surface area contributed by atoms with Crippen LogP contribution in [0.15, 0.2) is 24.3 Å². The second kappa shape index (κ2) is 26.8. The molecule has 3 amide bonds. The normalized spacial score (nSPS) is 19.2. The number of hydrogen-bond donors (Lipinski definition) is 3. The molecule has 18 nitrogen and oxygen atoms in total. The van der Waals surface area contributed by atoms with Crippen molar-refractivity contribution in [3.05, 3.63) is 34.9 Å². The van der Waals surface area contributed by atoms with E-state index in [1.165, 1.54) is 0 Å². The van der Waals surface area contributed by atoms with E-state index in [1.54, 1.807) is 24.3 Å². The molecule has 1 aromatic carbocycles. The number of terminal acetylenes is 1. The maximum absolute atomic E-state index is 13.7. The molecule has 1 fully saturated rings. The lowest BCUT2D eigenvalue weighted by molar-refractivity contribution is -0.313. The Bertz CT molecular complexity index is 1670. The minimum absolute atomic E-state index is 0.0835. The third-order valence-electron chi connectivity index (χ3n) is 8.89. The number of esters is 5. The molecule has 332 valence electrons. The predicted molar refractivity (Wildman–Crippen MR) is 212 cm³/mol. The van der Waals surface area contributed by atoms with E-state index in [9.17, 15) is 38.4 Å². The predicted octanol–water partition coefficient (Wildman–Crippen LogP) is 2.39. The van der Waals surface area contributed by atoms with Gasteiger partial charge in [-0.2, -0.15) is 0 Å². The molecule has 1 saturated heterocycles. The van der Waals surface area contributed by atoms with E-state index in [4.69, 9.17) is 51.2 Å². The van der Waals surface area contributed by atoms with Gasteiger partial charge in [-0.25, -0.2) is 4.79 Å². The summed E-state index contributed by atoms with van der Waals surface area (Å²) in [5.74, 6) is -5.88.